The number of halogens is 1. The molecule has 2 N–H and O–H groups in total. The summed E-state index contributed by atoms with van der Waals surface area (Å²) in [6.45, 7) is 1.38. The van der Waals surface area contributed by atoms with Gasteiger partial charge >= 0.3 is 5.97 Å². The molecule has 0 aliphatic heterocycles. The molecule has 2 rings (SSSR count). The molecule has 9 nitrogen and oxygen atoms in total. The second kappa shape index (κ2) is 9.87. The van der Waals surface area contributed by atoms with Crippen molar-refractivity contribution in [3.05, 3.63) is 66.9 Å². The number of amides is 1. The maximum Gasteiger partial charge on any atom is 0.352 e. The largest absolute Gasteiger partial charge is 0.493 e. The number of nitrogens with zero attached hydrogens (tertiary/aromatic N) is 1. The Kier molecular flexibility index (Phi) is 7.53. The highest BCUT2D eigenvalue weighted by molar-refractivity contribution is 14.1. The molecule has 0 heterocycles. The number of carbonyl (C=O) groups excluding carboxylic acids is 1. The minimum atomic E-state index is -1.27. The highest BCUT2D eigenvalue weighted by Crippen LogP contribution is 2.35. The van der Waals surface area contributed by atoms with Crippen LogP contribution in [-0.4, -0.2) is 29.0 Å². The van der Waals surface area contributed by atoms with Gasteiger partial charge in [-0.25, -0.2) is 4.79 Å². The van der Waals surface area contributed by atoms with Crippen LogP contribution in [0.2, 0.25) is 0 Å². The van der Waals surface area contributed by atoms with E-state index in [9.17, 15) is 24.8 Å². The maximum absolute atomic E-state index is 11.3. The van der Waals surface area contributed by atoms with Gasteiger partial charge < -0.3 is 19.9 Å². The third-order valence-corrected chi connectivity index (χ3v) is 4.44. The zero-order valence-corrected chi connectivity index (χ0v) is 17.6. The second-order valence-electron chi connectivity index (χ2n) is 5.79. The van der Waals surface area contributed by atoms with Gasteiger partial charge in [-0.2, -0.15) is 0 Å². The van der Waals surface area contributed by atoms with Crippen LogP contribution in [0, 0.1) is 13.7 Å². The predicted molar refractivity (Wildman–Crippen MR) is 113 cm³/mol. The molecule has 152 valence electrons. The average molecular weight is 512 g/mol. The number of ether oxygens (including phenoxy) is 2. The van der Waals surface area contributed by atoms with E-state index in [1.54, 1.807) is 24.3 Å². The van der Waals surface area contributed by atoms with E-state index < -0.39 is 16.8 Å². The van der Waals surface area contributed by atoms with Crippen LogP contribution in [-0.2, 0) is 16.2 Å². The lowest BCUT2D eigenvalue weighted by Crippen LogP contribution is -2.24. The lowest BCUT2D eigenvalue weighted by Gasteiger charge is -2.14. The summed E-state index contributed by atoms with van der Waals surface area (Å²) in [5, 5.41) is 22.2. The summed E-state index contributed by atoms with van der Waals surface area (Å²) in [4.78, 5) is 32.7. The van der Waals surface area contributed by atoms with Crippen LogP contribution in [0.3, 0.4) is 0 Å². The van der Waals surface area contributed by atoms with Crippen molar-refractivity contribution in [2.45, 2.75) is 13.5 Å². The van der Waals surface area contributed by atoms with E-state index in [-0.39, 0.29) is 18.0 Å². The van der Waals surface area contributed by atoms with E-state index >= 15 is 0 Å². The number of carboxylic acid groups (broad SMARTS) is 1. The standard InChI is InChI=1S/C19H17IN2O7/c1-11(23)21-16(19(24)25)8-13-7-15(20)18(17(9-13)28-2)29-10-12-3-5-14(6-4-12)22(26)27/h3-9H,10H2,1-2H3,(H,21,23)(H,24,25)/b16-8+. The monoisotopic (exact) mass is 512 g/mol. The van der Waals surface area contributed by atoms with Gasteiger partial charge in [-0.15, -0.1) is 0 Å². The molecule has 29 heavy (non-hydrogen) atoms. The molecule has 0 atom stereocenters. The number of carboxylic acids is 1. The van der Waals surface area contributed by atoms with Crippen molar-refractivity contribution in [2.24, 2.45) is 0 Å². The van der Waals surface area contributed by atoms with Crippen molar-refractivity contribution in [1.29, 1.82) is 0 Å². The molecule has 2 aromatic rings. The smallest absolute Gasteiger partial charge is 0.352 e. The zero-order chi connectivity index (χ0) is 21.6. The number of rotatable bonds is 8. The first kappa shape index (κ1) is 22.1. The van der Waals surface area contributed by atoms with Gasteiger partial charge in [-0.1, -0.05) is 0 Å². The summed E-state index contributed by atoms with van der Waals surface area (Å²) in [7, 11) is 1.45. The van der Waals surface area contributed by atoms with Crippen LogP contribution >= 0.6 is 22.6 Å². The minimum absolute atomic E-state index is 0.00884. The van der Waals surface area contributed by atoms with Crippen LogP contribution in [0.4, 0.5) is 5.69 Å². The number of nitro benzene ring substituents is 1. The first-order chi connectivity index (χ1) is 13.7. The van der Waals surface area contributed by atoms with Gasteiger partial charge in [0, 0.05) is 19.1 Å². The summed E-state index contributed by atoms with van der Waals surface area (Å²) in [6.07, 6.45) is 1.31. The van der Waals surface area contributed by atoms with Gasteiger partial charge in [0.25, 0.3) is 5.69 Å². The van der Waals surface area contributed by atoms with Crippen molar-refractivity contribution >= 4 is 46.2 Å². The second-order valence-corrected chi connectivity index (χ2v) is 6.95. The van der Waals surface area contributed by atoms with Crippen LogP contribution < -0.4 is 14.8 Å². The number of methoxy groups -OCH3 is 1. The first-order valence-corrected chi connectivity index (χ1v) is 9.25. The normalized spacial score (nSPS) is 10.9. The SMILES string of the molecule is COc1cc(/C=C(/NC(C)=O)C(=O)O)cc(I)c1OCc1ccc([N+](=O)[O-])cc1. The van der Waals surface area contributed by atoms with Gasteiger partial charge in [0.15, 0.2) is 11.5 Å². The van der Waals surface area contributed by atoms with Crippen LogP contribution in [0.5, 0.6) is 11.5 Å². The van der Waals surface area contributed by atoms with Gasteiger partial charge in [0.1, 0.15) is 12.3 Å². The Hall–Kier alpha value is -3.15. The fraction of sp³-hybridized carbons (Fsp3) is 0.158. The minimum Gasteiger partial charge on any atom is -0.493 e. The van der Waals surface area contributed by atoms with Crippen molar-refractivity contribution < 1.29 is 29.1 Å². The maximum atomic E-state index is 11.3. The van der Waals surface area contributed by atoms with Crippen molar-refractivity contribution in [1.82, 2.24) is 5.32 Å². The van der Waals surface area contributed by atoms with Gasteiger partial charge in [-0.3, -0.25) is 14.9 Å². The zero-order valence-electron chi connectivity index (χ0n) is 15.5. The Balaban J connectivity index is 2.26. The number of non-ortho nitro benzene ring substituents is 1. The molecule has 0 radical (unpaired) electrons. The van der Waals surface area contributed by atoms with E-state index in [1.165, 1.54) is 32.2 Å². The third kappa shape index (κ3) is 6.17. The van der Waals surface area contributed by atoms with E-state index in [2.05, 4.69) is 5.32 Å². The van der Waals surface area contributed by atoms with E-state index in [0.29, 0.717) is 20.6 Å². The molecule has 0 aliphatic carbocycles. The van der Waals surface area contributed by atoms with E-state index in [1.807, 2.05) is 22.6 Å². The quantitative estimate of drug-likeness (QED) is 0.240. The Morgan fingerprint density at radius 3 is 2.45 bits per heavy atom. The van der Waals surface area contributed by atoms with Gasteiger partial charge in [-0.05, 0) is 64.1 Å². The Morgan fingerprint density at radius 1 is 1.28 bits per heavy atom. The van der Waals surface area contributed by atoms with E-state index in [0.717, 1.165) is 5.56 Å². The topological polar surface area (TPSA) is 128 Å². The van der Waals surface area contributed by atoms with Gasteiger partial charge in [0.05, 0.1) is 15.6 Å². The highest BCUT2D eigenvalue weighted by Gasteiger charge is 2.14. The lowest BCUT2D eigenvalue weighted by atomic mass is 10.1. The molecular formula is C19H17IN2O7. The number of benzene rings is 2. The molecule has 0 aliphatic rings. The number of hydrogen-bond acceptors (Lipinski definition) is 6. The number of hydrogen-bond donors (Lipinski definition) is 2. The third-order valence-electron chi connectivity index (χ3n) is 3.63. The Morgan fingerprint density at radius 2 is 1.93 bits per heavy atom. The van der Waals surface area contributed by atoms with Crippen LogP contribution in [0.15, 0.2) is 42.1 Å². The number of aliphatic carboxylic acids is 1. The molecule has 0 spiro atoms. The Labute approximate surface area is 179 Å². The molecular weight excluding hydrogens is 495 g/mol. The highest BCUT2D eigenvalue weighted by atomic mass is 127. The summed E-state index contributed by atoms with van der Waals surface area (Å²) in [5.74, 6) is -0.950. The molecule has 0 aromatic heterocycles. The molecule has 0 fully saturated rings. The van der Waals surface area contributed by atoms with Crippen LogP contribution in [0.1, 0.15) is 18.1 Å². The van der Waals surface area contributed by atoms with Crippen LogP contribution in [0.25, 0.3) is 6.08 Å². The molecule has 0 saturated heterocycles. The lowest BCUT2D eigenvalue weighted by molar-refractivity contribution is -0.384. The molecule has 0 saturated carbocycles. The summed E-state index contributed by atoms with van der Waals surface area (Å²) in [5.41, 5.74) is 0.955. The summed E-state index contributed by atoms with van der Waals surface area (Å²) >= 11 is 2.02. The first-order valence-electron chi connectivity index (χ1n) is 8.17. The van der Waals surface area contributed by atoms with Crippen molar-refractivity contribution in [2.75, 3.05) is 7.11 Å². The summed E-state index contributed by atoms with van der Waals surface area (Å²) < 4.78 is 11.8. The van der Waals surface area contributed by atoms with Crippen molar-refractivity contribution in [3.63, 3.8) is 0 Å². The molecule has 10 heteroatoms. The number of nitrogens with one attached hydrogen (secondary N) is 1. The van der Waals surface area contributed by atoms with Crippen molar-refractivity contribution in [3.8, 4) is 11.5 Å². The fourth-order valence-electron chi connectivity index (χ4n) is 2.34. The number of nitro groups is 1. The Bertz CT molecular complexity index is 971. The molecule has 0 unspecified atom stereocenters. The molecule has 0 bridgehead atoms. The molecule has 1 amide bonds. The number of carbonyl (C=O) groups is 2. The fourth-order valence-corrected chi connectivity index (χ4v) is 3.12. The van der Waals surface area contributed by atoms with E-state index in [4.69, 9.17) is 9.47 Å². The predicted octanol–water partition coefficient (Wildman–Crippen LogP) is 3.35. The van der Waals surface area contributed by atoms with Gasteiger partial charge in [0.2, 0.25) is 5.91 Å². The average Bonchev–Trinajstić information content (AvgIpc) is 2.66. The molecule has 2 aromatic carbocycles. The summed E-state index contributed by atoms with van der Waals surface area (Å²) in [6, 6.07) is 9.24.